The lowest BCUT2D eigenvalue weighted by Crippen LogP contribution is -2.21. The summed E-state index contributed by atoms with van der Waals surface area (Å²) in [5.41, 5.74) is 1.19. The second-order valence-electron chi connectivity index (χ2n) is 4.03. The summed E-state index contributed by atoms with van der Waals surface area (Å²) in [4.78, 5) is 0. The number of benzene rings is 2. The number of ether oxygens (including phenoxy) is 1. The summed E-state index contributed by atoms with van der Waals surface area (Å²) in [5.74, 6) is 0.908. The highest BCUT2D eigenvalue weighted by Crippen LogP contribution is 2.22. The lowest BCUT2D eigenvalue weighted by Gasteiger charge is -2.19. The van der Waals surface area contributed by atoms with E-state index in [1.54, 1.807) is 0 Å². The Kier molecular flexibility index (Phi) is 5.01. The molecular weight excluding hydrogens is 337 g/mol. The minimum Gasteiger partial charge on any atom is -0.484 e. The molecule has 0 aromatic heterocycles. The molecule has 2 rings (SSSR count). The van der Waals surface area contributed by atoms with Crippen LogP contribution in [0.2, 0.25) is 0 Å². The van der Waals surface area contributed by atoms with Crippen molar-refractivity contribution in [3.63, 3.8) is 0 Å². The molecular formula is C15H16INO. The Labute approximate surface area is 122 Å². The van der Waals surface area contributed by atoms with E-state index in [2.05, 4.69) is 46.1 Å². The van der Waals surface area contributed by atoms with E-state index in [1.165, 1.54) is 9.13 Å². The van der Waals surface area contributed by atoms with Gasteiger partial charge < -0.3 is 10.1 Å². The first-order valence-electron chi connectivity index (χ1n) is 5.91. The van der Waals surface area contributed by atoms with Crippen LogP contribution in [0.5, 0.6) is 5.75 Å². The monoisotopic (exact) mass is 353 g/mol. The smallest absolute Gasteiger partial charge is 0.136 e. The van der Waals surface area contributed by atoms with Gasteiger partial charge in [0.15, 0.2) is 0 Å². The van der Waals surface area contributed by atoms with E-state index in [0.717, 1.165) is 12.3 Å². The number of nitrogens with one attached hydrogen (secondary N) is 1. The van der Waals surface area contributed by atoms with Crippen LogP contribution in [0.15, 0.2) is 54.6 Å². The lowest BCUT2D eigenvalue weighted by molar-refractivity contribution is 0.205. The molecule has 0 radical (unpaired) electrons. The van der Waals surface area contributed by atoms with Gasteiger partial charge in [-0.2, -0.15) is 0 Å². The molecule has 2 aromatic carbocycles. The fourth-order valence-corrected chi connectivity index (χ4v) is 2.30. The molecule has 0 fully saturated rings. The van der Waals surface area contributed by atoms with Crippen LogP contribution in [0.1, 0.15) is 11.7 Å². The quantitative estimate of drug-likeness (QED) is 0.829. The Balaban J connectivity index is 2.16. The van der Waals surface area contributed by atoms with Crippen molar-refractivity contribution in [2.75, 3.05) is 13.6 Å². The highest BCUT2D eigenvalue weighted by atomic mass is 127. The average molecular weight is 353 g/mol. The molecule has 1 atom stereocenters. The summed E-state index contributed by atoms with van der Waals surface area (Å²) in [6.07, 6.45) is 0.0365. The number of hydrogen-bond acceptors (Lipinski definition) is 2. The molecule has 1 N–H and O–H groups in total. The summed E-state index contributed by atoms with van der Waals surface area (Å²) >= 11 is 2.29. The molecule has 3 heteroatoms. The van der Waals surface area contributed by atoms with Gasteiger partial charge in [0.05, 0.1) is 0 Å². The first-order valence-corrected chi connectivity index (χ1v) is 6.99. The van der Waals surface area contributed by atoms with Gasteiger partial charge in [0, 0.05) is 10.1 Å². The molecule has 0 amide bonds. The van der Waals surface area contributed by atoms with Gasteiger partial charge in [0.2, 0.25) is 0 Å². The van der Waals surface area contributed by atoms with Crippen LogP contribution in [0.3, 0.4) is 0 Å². The maximum Gasteiger partial charge on any atom is 0.136 e. The van der Waals surface area contributed by atoms with Crippen molar-refractivity contribution in [1.29, 1.82) is 0 Å². The standard InChI is InChI=1S/C15H16INO/c1-17-11-15(12-6-3-2-4-7-12)18-14-9-5-8-13(16)10-14/h2-10,15,17H,11H2,1H3. The molecule has 2 nitrogen and oxygen atoms in total. The van der Waals surface area contributed by atoms with E-state index < -0.39 is 0 Å². The Bertz CT molecular complexity index is 487. The number of halogens is 1. The van der Waals surface area contributed by atoms with E-state index in [1.807, 2.05) is 43.4 Å². The summed E-state index contributed by atoms with van der Waals surface area (Å²) in [5, 5.41) is 3.17. The molecule has 2 aromatic rings. The van der Waals surface area contributed by atoms with Crippen molar-refractivity contribution in [2.45, 2.75) is 6.10 Å². The summed E-state index contributed by atoms with van der Waals surface area (Å²) in [6.45, 7) is 0.787. The molecule has 0 aliphatic rings. The van der Waals surface area contributed by atoms with Crippen LogP contribution in [0, 0.1) is 3.57 Å². The predicted molar refractivity (Wildman–Crippen MR) is 82.9 cm³/mol. The molecule has 0 aliphatic heterocycles. The van der Waals surface area contributed by atoms with Crippen LogP contribution in [0.25, 0.3) is 0 Å². The van der Waals surface area contributed by atoms with E-state index in [9.17, 15) is 0 Å². The largest absolute Gasteiger partial charge is 0.484 e. The van der Waals surface area contributed by atoms with Crippen molar-refractivity contribution in [3.8, 4) is 5.75 Å². The van der Waals surface area contributed by atoms with Crippen LogP contribution >= 0.6 is 22.6 Å². The van der Waals surface area contributed by atoms with Gasteiger partial charge in [-0.05, 0) is 53.4 Å². The predicted octanol–water partition coefficient (Wildman–Crippen LogP) is 3.63. The van der Waals surface area contributed by atoms with Crippen LogP contribution in [0.4, 0.5) is 0 Å². The Morgan fingerprint density at radius 1 is 1.11 bits per heavy atom. The third kappa shape index (κ3) is 3.71. The van der Waals surface area contributed by atoms with Crippen LogP contribution < -0.4 is 10.1 Å². The van der Waals surface area contributed by atoms with Crippen molar-refractivity contribution in [2.24, 2.45) is 0 Å². The third-order valence-electron chi connectivity index (χ3n) is 2.64. The molecule has 0 aliphatic carbocycles. The molecule has 18 heavy (non-hydrogen) atoms. The Hall–Kier alpha value is -1.07. The summed E-state index contributed by atoms with van der Waals surface area (Å²) in [6, 6.07) is 18.4. The highest BCUT2D eigenvalue weighted by Gasteiger charge is 2.12. The van der Waals surface area contributed by atoms with Crippen LogP contribution in [-0.4, -0.2) is 13.6 Å². The second-order valence-corrected chi connectivity index (χ2v) is 5.28. The van der Waals surface area contributed by atoms with Crippen molar-refractivity contribution in [1.82, 2.24) is 5.32 Å². The van der Waals surface area contributed by atoms with Crippen molar-refractivity contribution in [3.05, 3.63) is 63.7 Å². The van der Waals surface area contributed by atoms with Gasteiger partial charge in [-0.25, -0.2) is 0 Å². The topological polar surface area (TPSA) is 21.3 Å². The molecule has 0 bridgehead atoms. The maximum absolute atomic E-state index is 6.05. The molecule has 0 spiro atoms. The molecule has 0 saturated carbocycles. The Morgan fingerprint density at radius 2 is 1.89 bits per heavy atom. The van der Waals surface area contributed by atoms with E-state index >= 15 is 0 Å². The van der Waals surface area contributed by atoms with Gasteiger partial charge in [0.25, 0.3) is 0 Å². The fraction of sp³-hybridized carbons (Fsp3) is 0.200. The Morgan fingerprint density at radius 3 is 2.56 bits per heavy atom. The van der Waals surface area contributed by atoms with E-state index in [-0.39, 0.29) is 6.10 Å². The first-order chi connectivity index (χ1) is 8.79. The van der Waals surface area contributed by atoms with E-state index in [0.29, 0.717) is 0 Å². The fourth-order valence-electron chi connectivity index (χ4n) is 1.79. The molecule has 94 valence electrons. The van der Waals surface area contributed by atoms with Gasteiger partial charge in [-0.1, -0.05) is 36.4 Å². The minimum absolute atomic E-state index is 0.0365. The zero-order valence-corrected chi connectivity index (χ0v) is 12.4. The maximum atomic E-state index is 6.05. The zero-order valence-electron chi connectivity index (χ0n) is 10.3. The average Bonchev–Trinajstić information content (AvgIpc) is 2.39. The van der Waals surface area contributed by atoms with Gasteiger partial charge in [0.1, 0.15) is 11.9 Å². The zero-order chi connectivity index (χ0) is 12.8. The number of hydrogen-bond donors (Lipinski definition) is 1. The molecule has 1 unspecified atom stereocenters. The van der Waals surface area contributed by atoms with Crippen molar-refractivity contribution < 1.29 is 4.74 Å². The molecule has 0 saturated heterocycles. The second kappa shape index (κ2) is 6.75. The van der Waals surface area contributed by atoms with Gasteiger partial charge in [-0.15, -0.1) is 0 Å². The van der Waals surface area contributed by atoms with Gasteiger partial charge >= 0.3 is 0 Å². The molecule has 0 heterocycles. The lowest BCUT2D eigenvalue weighted by atomic mass is 10.1. The van der Waals surface area contributed by atoms with Crippen molar-refractivity contribution >= 4 is 22.6 Å². The van der Waals surface area contributed by atoms with Gasteiger partial charge in [-0.3, -0.25) is 0 Å². The SMILES string of the molecule is CNCC(Oc1cccc(I)c1)c1ccccc1. The van der Waals surface area contributed by atoms with E-state index in [4.69, 9.17) is 4.74 Å². The minimum atomic E-state index is 0.0365. The van der Waals surface area contributed by atoms with Crippen LogP contribution in [-0.2, 0) is 0 Å². The number of likely N-dealkylation sites (N-methyl/N-ethyl adjacent to an activating group) is 1. The highest BCUT2D eigenvalue weighted by molar-refractivity contribution is 14.1. The first kappa shape index (κ1) is 13.4. The summed E-state index contributed by atoms with van der Waals surface area (Å²) in [7, 11) is 1.94. The normalized spacial score (nSPS) is 12.1. The third-order valence-corrected chi connectivity index (χ3v) is 3.31. The summed E-state index contributed by atoms with van der Waals surface area (Å²) < 4.78 is 7.24. The number of rotatable bonds is 5.